The molecule has 116 valence electrons. The van der Waals surface area contributed by atoms with Crippen molar-refractivity contribution in [3.05, 3.63) is 61.3 Å². The van der Waals surface area contributed by atoms with Gasteiger partial charge in [-0.2, -0.15) is 0 Å². The topological polar surface area (TPSA) is 92.5 Å². The fourth-order valence-corrected chi connectivity index (χ4v) is 2.97. The van der Waals surface area contributed by atoms with Crippen molar-refractivity contribution in [3.8, 4) is 0 Å². The van der Waals surface area contributed by atoms with E-state index in [1.807, 2.05) is 18.4 Å². The molecule has 0 fully saturated rings. The number of hydrogen-bond acceptors (Lipinski definition) is 5. The lowest BCUT2D eigenvalue weighted by Gasteiger charge is -2.11. The lowest BCUT2D eigenvalue weighted by Crippen LogP contribution is -2.28. The molecule has 0 bridgehead atoms. The summed E-state index contributed by atoms with van der Waals surface area (Å²) in [4.78, 5) is 23.2. The maximum atomic E-state index is 12.0. The molecular weight excluding hydrogens is 304 g/mol. The van der Waals surface area contributed by atoms with Gasteiger partial charge in [0.2, 0.25) is 0 Å². The summed E-state index contributed by atoms with van der Waals surface area (Å²) in [5, 5.41) is 25.4. The van der Waals surface area contributed by atoms with Crippen molar-refractivity contribution < 1.29 is 14.8 Å². The molecule has 2 rings (SSSR count). The molecule has 0 saturated heterocycles. The van der Waals surface area contributed by atoms with Gasteiger partial charge in [-0.1, -0.05) is 6.07 Å². The molecule has 0 aliphatic rings. The van der Waals surface area contributed by atoms with Gasteiger partial charge < -0.3 is 10.4 Å². The quantitative estimate of drug-likeness (QED) is 0.654. The van der Waals surface area contributed by atoms with Crippen molar-refractivity contribution in [2.45, 2.75) is 20.0 Å². The molecule has 0 aliphatic carbocycles. The van der Waals surface area contributed by atoms with E-state index in [4.69, 9.17) is 0 Å². The molecule has 1 amide bonds. The number of benzene rings is 1. The largest absolute Gasteiger partial charge is 0.386 e. The molecule has 1 unspecified atom stereocenters. The summed E-state index contributed by atoms with van der Waals surface area (Å²) >= 11 is 1.42. The molecule has 7 heteroatoms. The van der Waals surface area contributed by atoms with Gasteiger partial charge in [-0.3, -0.25) is 14.9 Å². The molecule has 1 aromatic carbocycles. The highest BCUT2D eigenvalue weighted by Crippen LogP contribution is 2.23. The van der Waals surface area contributed by atoms with Gasteiger partial charge >= 0.3 is 0 Å². The van der Waals surface area contributed by atoms with Gasteiger partial charge in [-0.15, -0.1) is 11.3 Å². The molecule has 0 radical (unpaired) electrons. The summed E-state index contributed by atoms with van der Waals surface area (Å²) in [6.07, 6.45) is -0.788. The van der Waals surface area contributed by atoms with Crippen LogP contribution in [0.1, 0.15) is 32.5 Å². The van der Waals surface area contributed by atoms with Gasteiger partial charge in [0.25, 0.3) is 11.6 Å². The smallest absolute Gasteiger partial charge is 0.273 e. The Morgan fingerprint density at radius 3 is 2.68 bits per heavy atom. The Balaban J connectivity index is 2.05. The minimum absolute atomic E-state index is 0.0574. The van der Waals surface area contributed by atoms with Gasteiger partial charge in [-0.05, 0) is 36.9 Å². The van der Waals surface area contributed by atoms with Crippen molar-refractivity contribution in [1.82, 2.24) is 5.32 Å². The van der Waals surface area contributed by atoms with Crippen LogP contribution in [0.4, 0.5) is 5.69 Å². The normalized spacial score (nSPS) is 12.0. The summed E-state index contributed by atoms with van der Waals surface area (Å²) in [6.45, 7) is 3.56. The fraction of sp³-hybridized carbons (Fsp3) is 0.267. The number of carbonyl (C=O) groups is 1. The van der Waals surface area contributed by atoms with Gasteiger partial charge in [-0.25, -0.2) is 0 Å². The van der Waals surface area contributed by atoms with Crippen molar-refractivity contribution >= 4 is 22.9 Å². The monoisotopic (exact) mass is 320 g/mol. The van der Waals surface area contributed by atoms with E-state index in [9.17, 15) is 20.0 Å². The van der Waals surface area contributed by atoms with E-state index >= 15 is 0 Å². The third kappa shape index (κ3) is 3.49. The molecule has 0 aliphatic heterocycles. The van der Waals surface area contributed by atoms with Crippen molar-refractivity contribution in [2.24, 2.45) is 0 Å². The van der Waals surface area contributed by atoms with Crippen LogP contribution in [0.2, 0.25) is 0 Å². The SMILES string of the molecule is Cc1ccc(C(=O)NCC(O)c2sccc2C)cc1[N+](=O)[O-]. The van der Waals surface area contributed by atoms with E-state index in [2.05, 4.69) is 5.32 Å². The zero-order valence-electron chi connectivity index (χ0n) is 12.2. The first-order valence-electron chi connectivity index (χ1n) is 6.65. The standard InChI is InChI=1S/C15H16N2O4S/c1-9-3-4-11(7-12(9)17(20)21)15(19)16-8-13(18)14-10(2)5-6-22-14/h3-7,13,18H,8H2,1-2H3,(H,16,19). The maximum absolute atomic E-state index is 12.0. The molecule has 0 saturated carbocycles. The Hall–Kier alpha value is -2.25. The number of nitro groups is 1. The van der Waals surface area contributed by atoms with Crippen molar-refractivity contribution in [1.29, 1.82) is 0 Å². The lowest BCUT2D eigenvalue weighted by atomic mass is 10.1. The average molecular weight is 320 g/mol. The van der Waals surface area contributed by atoms with Gasteiger partial charge in [0.15, 0.2) is 0 Å². The second kappa shape index (κ2) is 6.67. The zero-order valence-corrected chi connectivity index (χ0v) is 13.0. The fourth-order valence-electron chi connectivity index (χ4n) is 2.06. The zero-order chi connectivity index (χ0) is 16.3. The molecule has 1 atom stereocenters. The Bertz CT molecular complexity index is 711. The third-order valence-electron chi connectivity index (χ3n) is 3.33. The van der Waals surface area contributed by atoms with E-state index < -0.39 is 16.9 Å². The van der Waals surface area contributed by atoms with E-state index in [-0.39, 0.29) is 17.8 Å². The molecule has 6 nitrogen and oxygen atoms in total. The number of nitrogens with zero attached hydrogens (tertiary/aromatic N) is 1. The van der Waals surface area contributed by atoms with Gasteiger partial charge in [0, 0.05) is 28.6 Å². The van der Waals surface area contributed by atoms with Crippen LogP contribution >= 0.6 is 11.3 Å². The highest BCUT2D eigenvalue weighted by molar-refractivity contribution is 7.10. The summed E-state index contributed by atoms with van der Waals surface area (Å²) < 4.78 is 0. The lowest BCUT2D eigenvalue weighted by molar-refractivity contribution is -0.385. The minimum atomic E-state index is -0.788. The van der Waals surface area contributed by atoms with Crippen LogP contribution in [0.15, 0.2) is 29.6 Å². The third-order valence-corrected chi connectivity index (χ3v) is 4.45. The molecular formula is C15H16N2O4S. The van der Waals surface area contributed by atoms with Gasteiger partial charge in [0.1, 0.15) is 6.10 Å². The number of thiophene rings is 1. The molecule has 0 spiro atoms. The number of aliphatic hydroxyl groups excluding tert-OH is 1. The number of rotatable bonds is 5. The first-order valence-corrected chi connectivity index (χ1v) is 7.53. The maximum Gasteiger partial charge on any atom is 0.273 e. The van der Waals surface area contributed by atoms with Gasteiger partial charge in [0.05, 0.1) is 4.92 Å². The van der Waals surface area contributed by atoms with Crippen LogP contribution in [0.5, 0.6) is 0 Å². The van der Waals surface area contributed by atoms with Crippen LogP contribution in [0.25, 0.3) is 0 Å². The average Bonchev–Trinajstić information content (AvgIpc) is 2.90. The number of aliphatic hydroxyl groups is 1. The van der Waals surface area contributed by atoms with E-state index in [0.717, 1.165) is 10.4 Å². The van der Waals surface area contributed by atoms with Crippen LogP contribution in [-0.4, -0.2) is 22.5 Å². The number of nitrogens with one attached hydrogen (secondary N) is 1. The van der Waals surface area contributed by atoms with E-state index in [1.165, 1.54) is 29.5 Å². The second-order valence-corrected chi connectivity index (χ2v) is 5.90. The van der Waals surface area contributed by atoms with Crippen LogP contribution in [-0.2, 0) is 0 Å². The highest BCUT2D eigenvalue weighted by atomic mass is 32.1. The number of hydrogen-bond donors (Lipinski definition) is 2. The second-order valence-electron chi connectivity index (χ2n) is 4.95. The summed E-state index contributed by atoms with van der Waals surface area (Å²) in [5.41, 5.74) is 1.57. The summed E-state index contributed by atoms with van der Waals surface area (Å²) in [5.74, 6) is -0.448. The molecule has 2 N–H and O–H groups in total. The summed E-state index contributed by atoms with van der Waals surface area (Å²) in [6, 6.07) is 6.20. The predicted molar refractivity (Wildman–Crippen MR) is 84.2 cm³/mol. The Kier molecular flexibility index (Phi) is 4.89. The number of nitro benzene ring substituents is 1. The Labute approximate surface area is 131 Å². The van der Waals surface area contributed by atoms with Crippen molar-refractivity contribution in [3.63, 3.8) is 0 Å². The minimum Gasteiger partial charge on any atom is -0.386 e. The Morgan fingerprint density at radius 1 is 1.36 bits per heavy atom. The number of aryl methyl sites for hydroxylation is 2. The molecule has 1 heterocycles. The number of carbonyl (C=O) groups excluding carboxylic acids is 1. The molecule has 22 heavy (non-hydrogen) atoms. The summed E-state index contributed by atoms with van der Waals surface area (Å²) in [7, 11) is 0. The first kappa shape index (κ1) is 16.1. The highest BCUT2D eigenvalue weighted by Gasteiger charge is 2.17. The van der Waals surface area contributed by atoms with Crippen molar-refractivity contribution in [2.75, 3.05) is 6.54 Å². The molecule has 2 aromatic rings. The first-order chi connectivity index (χ1) is 10.4. The Morgan fingerprint density at radius 2 is 2.09 bits per heavy atom. The molecule has 1 aromatic heterocycles. The number of amides is 1. The van der Waals surface area contributed by atoms with Crippen LogP contribution in [0, 0.1) is 24.0 Å². The van der Waals surface area contributed by atoms with Crippen LogP contribution < -0.4 is 5.32 Å². The van der Waals surface area contributed by atoms with E-state index in [1.54, 1.807) is 6.92 Å². The van der Waals surface area contributed by atoms with E-state index in [0.29, 0.717) is 5.56 Å². The predicted octanol–water partition coefficient (Wildman–Crippen LogP) is 2.74. The van der Waals surface area contributed by atoms with Crippen LogP contribution in [0.3, 0.4) is 0 Å².